The van der Waals surface area contributed by atoms with Gasteiger partial charge in [0.25, 0.3) is 0 Å². The van der Waals surface area contributed by atoms with Crippen molar-refractivity contribution in [2.45, 2.75) is 0 Å². The van der Waals surface area contributed by atoms with E-state index < -0.39 is 11.9 Å². The minimum Gasteiger partial charge on any atom is -0.478 e. The van der Waals surface area contributed by atoms with Crippen molar-refractivity contribution in [1.29, 1.82) is 0 Å². The zero-order valence-electron chi connectivity index (χ0n) is 9.82. The molecule has 2 aromatic rings. The van der Waals surface area contributed by atoms with Gasteiger partial charge in [-0.2, -0.15) is 0 Å². The lowest BCUT2D eigenvalue weighted by Crippen LogP contribution is -2.06. The summed E-state index contributed by atoms with van der Waals surface area (Å²) < 4.78 is 0. The first-order valence-corrected chi connectivity index (χ1v) is 5.30. The zero-order valence-corrected chi connectivity index (χ0v) is 9.82. The Balaban J connectivity index is 0.000000218. The van der Waals surface area contributed by atoms with Crippen LogP contribution >= 0.6 is 0 Å². The van der Waals surface area contributed by atoms with Crippen LogP contribution in [0.15, 0.2) is 54.6 Å². The fourth-order valence-electron chi connectivity index (χ4n) is 1.28. The van der Waals surface area contributed by atoms with Crippen molar-refractivity contribution in [2.24, 2.45) is 0 Å². The van der Waals surface area contributed by atoms with E-state index in [1.54, 1.807) is 12.1 Å². The molecule has 0 aliphatic heterocycles. The molecule has 0 aliphatic carbocycles. The standard InChI is InChI=1S/C8H6O4.C6H5O/c9-7(10)5-3-1-2-4-6(5)8(11)12;7-6-4-2-1-3-5-6/h1-4H,(H,9,10)(H,11,12);1-5H. The molecule has 2 aromatic carbocycles. The van der Waals surface area contributed by atoms with E-state index >= 15 is 0 Å². The number of carboxylic acids is 2. The average Bonchev–Trinajstić information content (AvgIpc) is 2.40. The van der Waals surface area contributed by atoms with Gasteiger partial charge in [-0.1, -0.05) is 30.3 Å². The van der Waals surface area contributed by atoms with E-state index in [1.807, 2.05) is 6.07 Å². The Morgan fingerprint density at radius 1 is 0.684 bits per heavy atom. The second kappa shape index (κ2) is 6.80. The molecule has 0 saturated heterocycles. The van der Waals surface area contributed by atoms with Crippen molar-refractivity contribution >= 4 is 11.9 Å². The molecule has 0 fully saturated rings. The summed E-state index contributed by atoms with van der Waals surface area (Å²) in [7, 11) is 0. The number of hydrogen-bond donors (Lipinski definition) is 2. The number of aromatic carboxylic acids is 2. The predicted molar refractivity (Wildman–Crippen MR) is 66.9 cm³/mol. The molecular weight excluding hydrogens is 248 g/mol. The number of rotatable bonds is 2. The number of carboxylic acid groups (broad SMARTS) is 2. The molecule has 97 valence electrons. The van der Waals surface area contributed by atoms with Gasteiger partial charge in [-0.25, -0.2) is 9.59 Å². The van der Waals surface area contributed by atoms with Gasteiger partial charge in [0.15, 0.2) is 5.75 Å². The van der Waals surface area contributed by atoms with Crippen molar-refractivity contribution in [3.63, 3.8) is 0 Å². The van der Waals surface area contributed by atoms with Crippen LogP contribution in [0.3, 0.4) is 0 Å². The van der Waals surface area contributed by atoms with Crippen molar-refractivity contribution in [1.82, 2.24) is 0 Å². The van der Waals surface area contributed by atoms with Crippen LogP contribution in [0.1, 0.15) is 20.7 Å². The van der Waals surface area contributed by atoms with Gasteiger partial charge in [0.05, 0.1) is 11.1 Å². The van der Waals surface area contributed by atoms with Crippen molar-refractivity contribution in [3.05, 3.63) is 65.7 Å². The first kappa shape index (κ1) is 14.2. The summed E-state index contributed by atoms with van der Waals surface area (Å²) in [4.78, 5) is 20.9. The van der Waals surface area contributed by atoms with Crippen molar-refractivity contribution < 1.29 is 24.9 Å². The molecule has 0 heterocycles. The van der Waals surface area contributed by atoms with Crippen LogP contribution in [0, 0.1) is 0 Å². The van der Waals surface area contributed by atoms with Crippen LogP contribution in [0.25, 0.3) is 0 Å². The fraction of sp³-hybridized carbons (Fsp3) is 0. The van der Waals surface area contributed by atoms with Crippen LogP contribution in [0.5, 0.6) is 5.75 Å². The Kier molecular flexibility index (Phi) is 5.10. The highest BCUT2D eigenvalue weighted by atomic mass is 16.4. The van der Waals surface area contributed by atoms with E-state index in [4.69, 9.17) is 10.2 Å². The second-order valence-corrected chi connectivity index (χ2v) is 3.47. The summed E-state index contributed by atoms with van der Waals surface area (Å²) in [6.45, 7) is 0. The topological polar surface area (TPSA) is 94.5 Å². The minimum absolute atomic E-state index is 0.0718. The molecule has 0 atom stereocenters. The molecule has 0 amide bonds. The normalized spacial score (nSPS) is 9.05. The maximum atomic E-state index is 10.5. The Bertz CT molecular complexity index is 530. The molecule has 2 N–H and O–H groups in total. The molecular formula is C14H11O5. The van der Waals surface area contributed by atoms with Crippen LogP contribution in [-0.2, 0) is 5.11 Å². The summed E-state index contributed by atoms with van der Waals surface area (Å²) in [6.07, 6.45) is 0. The van der Waals surface area contributed by atoms with E-state index in [0.29, 0.717) is 0 Å². The van der Waals surface area contributed by atoms with Gasteiger partial charge in [0, 0.05) is 0 Å². The van der Waals surface area contributed by atoms with E-state index in [-0.39, 0.29) is 16.9 Å². The van der Waals surface area contributed by atoms with Gasteiger partial charge in [-0.15, -0.1) is 0 Å². The van der Waals surface area contributed by atoms with Crippen molar-refractivity contribution in [2.75, 3.05) is 0 Å². The summed E-state index contributed by atoms with van der Waals surface area (Å²) in [6, 6.07) is 13.8. The molecule has 0 bridgehead atoms. The smallest absolute Gasteiger partial charge is 0.336 e. The highest BCUT2D eigenvalue weighted by Crippen LogP contribution is 2.07. The zero-order chi connectivity index (χ0) is 14.3. The monoisotopic (exact) mass is 259 g/mol. The van der Waals surface area contributed by atoms with E-state index in [0.717, 1.165) is 0 Å². The molecule has 0 unspecified atom stereocenters. The number of benzene rings is 2. The molecule has 1 radical (unpaired) electrons. The molecule has 0 saturated carbocycles. The lowest BCUT2D eigenvalue weighted by Gasteiger charge is -1.98. The van der Waals surface area contributed by atoms with Gasteiger partial charge < -0.3 is 10.2 Å². The van der Waals surface area contributed by atoms with E-state index in [9.17, 15) is 14.7 Å². The number of para-hydroxylation sites is 1. The van der Waals surface area contributed by atoms with Crippen LogP contribution in [0.2, 0.25) is 0 Å². The van der Waals surface area contributed by atoms with Gasteiger partial charge in [-0.05, 0) is 24.3 Å². The van der Waals surface area contributed by atoms with E-state index in [2.05, 4.69) is 0 Å². The first-order chi connectivity index (χ1) is 9.02. The summed E-state index contributed by atoms with van der Waals surface area (Å²) in [5.41, 5.74) is -0.380. The van der Waals surface area contributed by atoms with Gasteiger partial charge in [0.1, 0.15) is 0 Å². The Labute approximate surface area is 109 Å². The third-order valence-corrected chi connectivity index (χ3v) is 2.13. The van der Waals surface area contributed by atoms with Crippen LogP contribution in [-0.4, -0.2) is 22.2 Å². The summed E-state index contributed by atoms with van der Waals surface area (Å²) in [5.74, 6) is -2.39. The molecule has 0 aliphatic rings. The third kappa shape index (κ3) is 4.51. The third-order valence-electron chi connectivity index (χ3n) is 2.13. The van der Waals surface area contributed by atoms with Gasteiger partial charge in [0.2, 0.25) is 0 Å². The lowest BCUT2D eigenvalue weighted by atomic mass is 10.1. The molecule has 0 spiro atoms. The SMILES string of the molecule is O=C(O)c1ccccc1C(=O)O.[O]c1ccccc1. The Morgan fingerprint density at radius 3 is 1.32 bits per heavy atom. The maximum Gasteiger partial charge on any atom is 0.336 e. The Morgan fingerprint density at radius 2 is 1.05 bits per heavy atom. The van der Waals surface area contributed by atoms with Gasteiger partial charge in [-0.3, -0.25) is 5.11 Å². The average molecular weight is 259 g/mol. The lowest BCUT2D eigenvalue weighted by molar-refractivity contribution is 0.0651. The number of carbonyl (C=O) groups is 2. The molecule has 5 heteroatoms. The molecule has 0 aromatic heterocycles. The van der Waals surface area contributed by atoms with Gasteiger partial charge >= 0.3 is 11.9 Å². The summed E-state index contributed by atoms with van der Waals surface area (Å²) in [5, 5.41) is 27.4. The largest absolute Gasteiger partial charge is 0.478 e. The number of hydrogen-bond acceptors (Lipinski definition) is 2. The molecule has 2 rings (SSSR count). The highest BCUT2D eigenvalue weighted by Gasteiger charge is 2.13. The second-order valence-electron chi connectivity index (χ2n) is 3.47. The highest BCUT2D eigenvalue weighted by molar-refractivity contribution is 6.01. The molecule has 5 nitrogen and oxygen atoms in total. The Hall–Kier alpha value is -2.82. The quantitative estimate of drug-likeness (QED) is 0.866. The first-order valence-electron chi connectivity index (χ1n) is 5.30. The van der Waals surface area contributed by atoms with E-state index in [1.165, 1.54) is 36.4 Å². The van der Waals surface area contributed by atoms with Crippen LogP contribution in [0.4, 0.5) is 0 Å². The minimum atomic E-state index is -1.23. The summed E-state index contributed by atoms with van der Waals surface area (Å²) >= 11 is 0. The van der Waals surface area contributed by atoms with Crippen molar-refractivity contribution in [3.8, 4) is 5.75 Å². The predicted octanol–water partition coefficient (Wildman–Crippen LogP) is 2.91. The molecule has 19 heavy (non-hydrogen) atoms. The fourth-order valence-corrected chi connectivity index (χ4v) is 1.28. The van der Waals surface area contributed by atoms with Crippen LogP contribution < -0.4 is 0 Å². The maximum absolute atomic E-state index is 10.5.